The SMILES string of the molecule is COc1ccc(C(=O)NCCN(CCNC(=O)c2ccc(OC)cc2)CCNC(=S)NC23CC4CC(CC(C4)C2)C3)cc1. The lowest BCUT2D eigenvalue weighted by atomic mass is 9.53. The van der Waals surface area contributed by atoms with E-state index in [4.69, 9.17) is 21.7 Å². The second kappa shape index (κ2) is 14.4. The Morgan fingerprint density at radius 3 is 1.51 bits per heavy atom. The quantitative estimate of drug-likeness (QED) is 0.242. The van der Waals surface area contributed by atoms with Crippen LogP contribution in [-0.4, -0.2) is 80.9 Å². The van der Waals surface area contributed by atoms with E-state index in [0.29, 0.717) is 55.3 Å². The summed E-state index contributed by atoms with van der Waals surface area (Å²) < 4.78 is 10.4. The van der Waals surface area contributed by atoms with Gasteiger partial charge in [0.05, 0.1) is 14.2 Å². The molecule has 232 valence electrons. The Morgan fingerprint density at radius 1 is 0.721 bits per heavy atom. The standard InChI is InChI=1S/C33H45N5O4S/c1-41-28-7-3-26(4-8-28)30(39)34-11-14-38(15-12-35-31(40)27-5-9-29(42-2)10-6-27)16-13-36-32(43)37-33-20-23-17-24(21-33)19-25(18-23)22-33/h3-10,23-25H,11-22H2,1-2H3,(H,34,39)(H,35,40)(H2,36,37,43). The topological polar surface area (TPSA) is 104 Å². The first-order valence-corrected chi connectivity index (χ1v) is 15.9. The minimum atomic E-state index is -0.130. The van der Waals surface area contributed by atoms with E-state index in [9.17, 15) is 9.59 Å². The molecule has 2 aromatic rings. The molecule has 2 amide bonds. The maximum Gasteiger partial charge on any atom is 0.251 e. The number of thiocarbonyl (C=S) groups is 1. The van der Waals surface area contributed by atoms with Gasteiger partial charge in [0.25, 0.3) is 11.8 Å². The van der Waals surface area contributed by atoms with Crippen molar-refractivity contribution in [1.82, 2.24) is 26.2 Å². The molecule has 4 aliphatic rings. The molecular weight excluding hydrogens is 562 g/mol. The van der Waals surface area contributed by atoms with Gasteiger partial charge in [0, 0.05) is 55.9 Å². The van der Waals surface area contributed by atoms with Crippen molar-refractivity contribution in [3.05, 3.63) is 59.7 Å². The third-order valence-electron chi connectivity index (χ3n) is 9.26. The van der Waals surface area contributed by atoms with Crippen LogP contribution in [0.25, 0.3) is 0 Å². The Kier molecular flexibility index (Phi) is 10.4. The van der Waals surface area contributed by atoms with E-state index in [0.717, 1.165) is 29.4 Å². The van der Waals surface area contributed by atoms with Gasteiger partial charge in [0.2, 0.25) is 0 Å². The van der Waals surface area contributed by atoms with Gasteiger partial charge >= 0.3 is 0 Å². The van der Waals surface area contributed by atoms with Crippen molar-refractivity contribution in [2.24, 2.45) is 17.8 Å². The van der Waals surface area contributed by atoms with Crippen molar-refractivity contribution >= 4 is 29.1 Å². The summed E-state index contributed by atoms with van der Waals surface area (Å²) in [5.74, 6) is 3.74. The zero-order valence-corrected chi connectivity index (χ0v) is 26.1. The first-order chi connectivity index (χ1) is 20.8. The smallest absolute Gasteiger partial charge is 0.251 e. The number of ether oxygens (including phenoxy) is 2. The normalized spacial score (nSPS) is 23.5. The van der Waals surface area contributed by atoms with Crippen LogP contribution in [-0.2, 0) is 0 Å². The molecule has 0 unspecified atom stereocenters. The molecule has 0 aromatic heterocycles. The molecule has 4 fully saturated rings. The minimum Gasteiger partial charge on any atom is -0.497 e. The number of amides is 2. The van der Waals surface area contributed by atoms with Gasteiger partial charge in [-0.2, -0.15) is 0 Å². The Labute approximate surface area is 260 Å². The molecule has 4 aliphatic carbocycles. The number of carbonyl (C=O) groups excluding carboxylic acids is 2. The second-order valence-electron chi connectivity index (χ2n) is 12.4. The van der Waals surface area contributed by atoms with E-state index < -0.39 is 0 Å². The van der Waals surface area contributed by atoms with E-state index in [-0.39, 0.29) is 17.4 Å². The van der Waals surface area contributed by atoms with Crippen LogP contribution >= 0.6 is 12.2 Å². The van der Waals surface area contributed by atoms with Crippen molar-refractivity contribution in [1.29, 1.82) is 0 Å². The second-order valence-corrected chi connectivity index (χ2v) is 12.8. The average Bonchev–Trinajstić information content (AvgIpc) is 2.99. The highest BCUT2D eigenvalue weighted by Gasteiger charge is 2.51. The summed E-state index contributed by atoms with van der Waals surface area (Å²) in [5.41, 5.74) is 1.35. The monoisotopic (exact) mass is 607 g/mol. The Morgan fingerprint density at radius 2 is 1.12 bits per heavy atom. The van der Waals surface area contributed by atoms with Gasteiger partial charge in [-0.1, -0.05) is 0 Å². The molecule has 9 nitrogen and oxygen atoms in total. The first-order valence-electron chi connectivity index (χ1n) is 15.5. The molecule has 0 aliphatic heterocycles. The van der Waals surface area contributed by atoms with Gasteiger partial charge in [0.15, 0.2) is 5.11 Å². The van der Waals surface area contributed by atoms with Gasteiger partial charge in [-0.3, -0.25) is 14.5 Å². The highest BCUT2D eigenvalue weighted by molar-refractivity contribution is 7.80. The molecule has 43 heavy (non-hydrogen) atoms. The van der Waals surface area contributed by atoms with E-state index in [1.807, 2.05) is 0 Å². The van der Waals surface area contributed by atoms with Crippen LogP contribution in [0.3, 0.4) is 0 Å². The largest absolute Gasteiger partial charge is 0.497 e. The minimum absolute atomic E-state index is 0.130. The molecule has 4 saturated carbocycles. The molecule has 0 saturated heterocycles. The van der Waals surface area contributed by atoms with E-state index >= 15 is 0 Å². The molecule has 4 N–H and O–H groups in total. The molecule has 2 aromatic carbocycles. The zero-order chi connectivity index (χ0) is 30.2. The summed E-state index contributed by atoms with van der Waals surface area (Å²) >= 11 is 5.76. The number of benzene rings is 2. The van der Waals surface area contributed by atoms with Crippen molar-refractivity contribution in [3.63, 3.8) is 0 Å². The van der Waals surface area contributed by atoms with Crippen LogP contribution in [0.15, 0.2) is 48.5 Å². The van der Waals surface area contributed by atoms with Crippen molar-refractivity contribution in [2.45, 2.75) is 44.1 Å². The Hall–Kier alpha value is -3.37. The summed E-state index contributed by atoms with van der Waals surface area (Å²) in [6, 6.07) is 14.1. The zero-order valence-electron chi connectivity index (χ0n) is 25.3. The summed E-state index contributed by atoms with van der Waals surface area (Å²) in [6.07, 6.45) is 7.94. The number of hydrogen-bond acceptors (Lipinski definition) is 6. The summed E-state index contributed by atoms with van der Waals surface area (Å²) in [7, 11) is 3.20. The lowest BCUT2D eigenvalue weighted by Gasteiger charge is -2.57. The van der Waals surface area contributed by atoms with Gasteiger partial charge in [-0.15, -0.1) is 0 Å². The van der Waals surface area contributed by atoms with Crippen molar-refractivity contribution in [3.8, 4) is 11.5 Å². The van der Waals surface area contributed by atoms with Crippen LogP contribution < -0.4 is 30.7 Å². The summed E-state index contributed by atoms with van der Waals surface area (Å²) in [5, 5.41) is 13.9. The number of nitrogens with zero attached hydrogens (tertiary/aromatic N) is 1. The fraction of sp³-hybridized carbons (Fsp3) is 0.545. The molecular formula is C33H45N5O4S. The van der Waals surface area contributed by atoms with E-state index in [1.54, 1.807) is 62.8 Å². The Balaban J connectivity index is 1.09. The molecule has 0 spiro atoms. The molecule has 0 radical (unpaired) electrons. The lowest BCUT2D eigenvalue weighted by molar-refractivity contribution is -0.0101. The fourth-order valence-corrected chi connectivity index (χ4v) is 7.87. The molecule has 6 rings (SSSR count). The number of rotatable bonds is 14. The van der Waals surface area contributed by atoms with Gasteiger partial charge in [-0.25, -0.2) is 0 Å². The van der Waals surface area contributed by atoms with Crippen LogP contribution in [0.1, 0.15) is 59.2 Å². The predicted molar refractivity (Wildman–Crippen MR) is 172 cm³/mol. The van der Waals surface area contributed by atoms with Gasteiger partial charge in [0.1, 0.15) is 11.5 Å². The van der Waals surface area contributed by atoms with Crippen molar-refractivity contribution in [2.75, 3.05) is 53.5 Å². The maximum absolute atomic E-state index is 12.7. The molecule has 10 heteroatoms. The highest BCUT2D eigenvalue weighted by atomic mass is 32.1. The van der Waals surface area contributed by atoms with Crippen LogP contribution in [0.5, 0.6) is 11.5 Å². The number of carbonyl (C=O) groups is 2. The fourth-order valence-electron chi connectivity index (χ4n) is 7.56. The maximum atomic E-state index is 12.7. The Bertz CT molecular complexity index is 1150. The number of methoxy groups -OCH3 is 2. The highest BCUT2D eigenvalue weighted by Crippen LogP contribution is 2.55. The van der Waals surface area contributed by atoms with Crippen molar-refractivity contribution < 1.29 is 19.1 Å². The third kappa shape index (κ3) is 8.38. The summed E-state index contributed by atoms with van der Waals surface area (Å²) in [4.78, 5) is 27.6. The third-order valence-corrected chi connectivity index (χ3v) is 9.51. The van der Waals surface area contributed by atoms with Crippen LogP contribution in [0, 0.1) is 17.8 Å². The lowest BCUT2D eigenvalue weighted by Crippen LogP contribution is -2.61. The predicted octanol–water partition coefficient (Wildman–Crippen LogP) is 3.60. The number of hydrogen-bond donors (Lipinski definition) is 4. The van der Waals surface area contributed by atoms with Gasteiger partial charge in [-0.05, 0) is 117 Å². The van der Waals surface area contributed by atoms with E-state index in [2.05, 4.69) is 26.2 Å². The van der Waals surface area contributed by atoms with Crippen LogP contribution in [0.2, 0.25) is 0 Å². The molecule has 0 atom stereocenters. The molecule has 4 bridgehead atoms. The molecule has 0 heterocycles. The first kappa shape index (κ1) is 31.1. The number of nitrogens with one attached hydrogen (secondary N) is 4. The summed E-state index contributed by atoms with van der Waals surface area (Å²) in [6.45, 7) is 3.63. The van der Waals surface area contributed by atoms with Gasteiger partial charge < -0.3 is 30.7 Å². The average molecular weight is 608 g/mol. The van der Waals surface area contributed by atoms with Crippen LogP contribution in [0.4, 0.5) is 0 Å². The van der Waals surface area contributed by atoms with E-state index in [1.165, 1.54) is 38.5 Å².